The van der Waals surface area contributed by atoms with E-state index in [2.05, 4.69) is 58.9 Å². The highest BCUT2D eigenvalue weighted by molar-refractivity contribution is 5.70. The predicted molar refractivity (Wildman–Crippen MR) is 148 cm³/mol. The first-order valence-corrected chi connectivity index (χ1v) is 14.2. The zero-order valence-electron chi connectivity index (χ0n) is 23.2. The Hall–Kier alpha value is -1.91. The number of rotatable bonds is 4. The maximum Gasteiger partial charge on any atom is 0.309 e. The molecule has 2 saturated heterocycles. The van der Waals surface area contributed by atoms with E-state index in [0.29, 0.717) is 12.0 Å². The van der Waals surface area contributed by atoms with Gasteiger partial charge in [0.2, 0.25) is 0 Å². The fraction of sp³-hybridized carbons (Fsp3) is 0.656. The van der Waals surface area contributed by atoms with Gasteiger partial charge in [0, 0.05) is 12.3 Å². The molecule has 36 heavy (non-hydrogen) atoms. The number of fused-ring (bicyclic) bond motifs is 4. The van der Waals surface area contributed by atoms with Crippen molar-refractivity contribution in [2.75, 3.05) is 0 Å². The van der Waals surface area contributed by atoms with Gasteiger partial charge in [-0.15, -0.1) is 0 Å². The second kappa shape index (κ2) is 14.7. The van der Waals surface area contributed by atoms with Gasteiger partial charge in [-0.3, -0.25) is 4.79 Å². The van der Waals surface area contributed by atoms with Crippen LogP contribution in [0.3, 0.4) is 0 Å². The number of allylic oxidation sites excluding steroid dienone is 7. The first-order valence-electron chi connectivity index (χ1n) is 14.2. The van der Waals surface area contributed by atoms with E-state index in [-0.39, 0.29) is 42.7 Å². The summed E-state index contributed by atoms with van der Waals surface area (Å²) in [5.41, 5.74) is 2.71. The van der Waals surface area contributed by atoms with Gasteiger partial charge in [0.25, 0.3) is 0 Å². The summed E-state index contributed by atoms with van der Waals surface area (Å²) < 4.78 is 19.0. The standard InChI is InChI=1S/C32H48O4/c1-6-23(3)12-9-8-10-15-31-25(5)17-16-24(4)18-27-13-11-14-28(34-27)21-29-19-26(7-2)20-30(35-29)22-32(33)36-31/h7-10,12,15-17,24-25,27-31H,6,11,13-14,18-22H2,1-5H3. The second-order valence-corrected chi connectivity index (χ2v) is 11.0. The lowest BCUT2D eigenvalue weighted by Gasteiger charge is -2.37. The van der Waals surface area contributed by atoms with Crippen LogP contribution in [0.1, 0.15) is 92.4 Å². The van der Waals surface area contributed by atoms with Crippen LogP contribution in [0, 0.1) is 11.8 Å². The molecule has 0 aromatic rings. The highest BCUT2D eigenvalue weighted by Crippen LogP contribution is 2.33. The molecule has 0 aliphatic carbocycles. The minimum atomic E-state index is -0.314. The molecule has 0 radical (unpaired) electrons. The lowest BCUT2D eigenvalue weighted by atomic mass is 9.90. The maximum atomic E-state index is 13.0. The highest BCUT2D eigenvalue weighted by Gasteiger charge is 2.32. The molecule has 4 heteroatoms. The summed E-state index contributed by atoms with van der Waals surface area (Å²) in [6, 6.07) is 0. The molecule has 7 atom stereocenters. The van der Waals surface area contributed by atoms with Gasteiger partial charge in [-0.2, -0.15) is 0 Å². The van der Waals surface area contributed by atoms with Crippen LogP contribution in [0.5, 0.6) is 0 Å². The molecule has 0 spiro atoms. The van der Waals surface area contributed by atoms with E-state index in [0.717, 1.165) is 44.9 Å². The Bertz CT molecular complexity index is 848. The molecule has 3 aliphatic heterocycles. The van der Waals surface area contributed by atoms with Gasteiger partial charge in [0.1, 0.15) is 6.10 Å². The van der Waals surface area contributed by atoms with Crippen LogP contribution in [-0.4, -0.2) is 36.5 Å². The number of carbonyl (C=O) groups is 1. The molecule has 2 fully saturated rings. The third-order valence-electron chi connectivity index (χ3n) is 7.76. The van der Waals surface area contributed by atoms with E-state index in [1.54, 1.807) is 0 Å². The lowest BCUT2D eigenvalue weighted by Crippen LogP contribution is -2.37. The van der Waals surface area contributed by atoms with Gasteiger partial charge < -0.3 is 14.2 Å². The van der Waals surface area contributed by atoms with Crippen LogP contribution in [-0.2, 0) is 19.0 Å². The highest BCUT2D eigenvalue weighted by atomic mass is 16.5. The number of hydrogen-bond acceptors (Lipinski definition) is 4. The summed E-state index contributed by atoms with van der Waals surface area (Å²) in [5, 5.41) is 0. The van der Waals surface area contributed by atoms with E-state index in [4.69, 9.17) is 14.2 Å². The van der Waals surface area contributed by atoms with Crippen molar-refractivity contribution >= 4 is 5.97 Å². The second-order valence-electron chi connectivity index (χ2n) is 11.0. The van der Waals surface area contributed by atoms with Gasteiger partial charge in [-0.25, -0.2) is 0 Å². The van der Waals surface area contributed by atoms with Crippen molar-refractivity contribution in [3.05, 3.63) is 59.8 Å². The van der Waals surface area contributed by atoms with Gasteiger partial charge in [0.05, 0.1) is 30.8 Å². The third-order valence-corrected chi connectivity index (χ3v) is 7.76. The van der Waals surface area contributed by atoms with Crippen LogP contribution >= 0.6 is 0 Å². The van der Waals surface area contributed by atoms with Crippen molar-refractivity contribution in [1.82, 2.24) is 0 Å². The van der Waals surface area contributed by atoms with Crippen molar-refractivity contribution in [3.8, 4) is 0 Å². The normalized spacial score (nSPS) is 36.5. The Morgan fingerprint density at radius 1 is 0.944 bits per heavy atom. The fourth-order valence-electron chi connectivity index (χ4n) is 5.40. The quantitative estimate of drug-likeness (QED) is 0.226. The summed E-state index contributed by atoms with van der Waals surface area (Å²) in [4.78, 5) is 13.0. The number of esters is 1. The SMILES string of the molecule is CC=C1CC2CC(=O)OC(C=CC=CC=C(C)CC)C(C)C=CC(C)CC3CCCC(CC(C1)O2)O3. The van der Waals surface area contributed by atoms with E-state index >= 15 is 0 Å². The molecule has 4 bridgehead atoms. The summed E-state index contributed by atoms with van der Waals surface area (Å²) in [6.07, 6.45) is 25.5. The molecular formula is C32H48O4. The number of ether oxygens (including phenoxy) is 3. The molecule has 7 unspecified atom stereocenters. The smallest absolute Gasteiger partial charge is 0.309 e. The summed E-state index contributed by atoms with van der Waals surface area (Å²) in [7, 11) is 0. The molecule has 4 nitrogen and oxygen atoms in total. The third kappa shape index (κ3) is 9.52. The molecule has 0 saturated carbocycles. The largest absolute Gasteiger partial charge is 0.457 e. The minimum absolute atomic E-state index is 0.0769. The van der Waals surface area contributed by atoms with E-state index in [1.165, 1.54) is 17.6 Å². The average Bonchev–Trinajstić information content (AvgIpc) is 2.85. The number of cyclic esters (lactones) is 1. The van der Waals surface area contributed by atoms with Crippen molar-refractivity contribution < 1.29 is 19.0 Å². The zero-order valence-corrected chi connectivity index (χ0v) is 23.2. The Balaban J connectivity index is 1.79. The molecule has 0 N–H and O–H groups in total. The van der Waals surface area contributed by atoms with Gasteiger partial charge in [-0.1, -0.05) is 74.4 Å². The van der Waals surface area contributed by atoms with Gasteiger partial charge in [0.15, 0.2) is 0 Å². The Morgan fingerprint density at radius 2 is 1.67 bits per heavy atom. The molecule has 0 aromatic carbocycles. The van der Waals surface area contributed by atoms with Crippen LogP contribution in [0.15, 0.2) is 59.8 Å². The van der Waals surface area contributed by atoms with E-state index in [9.17, 15) is 4.79 Å². The molecule has 0 aromatic heterocycles. The lowest BCUT2D eigenvalue weighted by molar-refractivity contribution is -0.154. The Kier molecular flexibility index (Phi) is 11.7. The molecule has 3 heterocycles. The summed E-state index contributed by atoms with van der Waals surface area (Å²) >= 11 is 0. The van der Waals surface area contributed by atoms with Gasteiger partial charge in [-0.05, 0) is 70.8 Å². The first kappa shape index (κ1) is 28.7. The molecule has 3 aliphatic rings. The summed E-state index contributed by atoms with van der Waals surface area (Å²) in [6.45, 7) is 10.7. The zero-order chi connectivity index (χ0) is 25.9. The number of hydrogen-bond donors (Lipinski definition) is 0. The molecule has 3 rings (SSSR count). The van der Waals surface area contributed by atoms with E-state index < -0.39 is 0 Å². The average molecular weight is 497 g/mol. The van der Waals surface area contributed by atoms with Crippen LogP contribution in [0.4, 0.5) is 0 Å². The maximum absolute atomic E-state index is 13.0. The van der Waals surface area contributed by atoms with Gasteiger partial charge >= 0.3 is 5.97 Å². The van der Waals surface area contributed by atoms with Crippen LogP contribution in [0.25, 0.3) is 0 Å². The Labute approximate surface area is 219 Å². The predicted octanol–water partition coefficient (Wildman–Crippen LogP) is 7.81. The van der Waals surface area contributed by atoms with E-state index in [1.807, 2.05) is 24.3 Å². The fourth-order valence-corrected chi connectivity index (χ4v) is 5.40. The van der Waals surface area contributed by atoms with Crippen molar-refractivity contribution in [2.24, 2.45) is 11.8 Å². The molecule has 200 valence electrons. The molecule has 0 amide bonds. The van der Waals surface area contributed by atoms with Crippen LogP contribution < -0.4 is 0 Å². The van der Waals surface area contributed by atoms with Crippen molar-refractivity contribution in [3.63, 3.8) is 0 Å². The monoisotopic (exact) mass is 496 g/mol. The Morgan fingerprint density at radius 3 is 2.42 bits per heavy atom. The first-order chi connectivity index (χ1) is 17.4. The van der Waals surface area contributed by atoms with Crippen LogP contribution in [0.2, 0.25) is 0 Å². The van der Waals surface area contributed by atoms with Crippen molar-refractivity contribution in [1.29, 1.82) is 0 Å². The van der Waals surface area contributed by atoms with Crippen molar-refractivity contribution in [2.45, 2.75) is 123 Å². The number of carbonyl (C=O) groups excluding carboxylic acids is 1. The molecular weight excluding hydrogens is 448 g/mol. The topological polar surface area (TPSA) is 44.8 Å². The summed E-state index contributed by atoms with van der Waals surface area (Å²) in [5.74, 6) is 0.301. The minimum Gasteiger partial charge on any atom is -0.457 e.